The first-order valence-corrected chi connectivity index (χ1v) is 9.69. The number of aryl methyl sites for hydroxylation is 1. The lowest BCUT2D eigenvalue weighted by Crippen LogP contribution is -2.44. The van der Waals surface area contributed by atoms with Crippen molar-refractivity contribution in [2.45, 2.75) is 32.7 Å². The number of aromatic nitrogens is 2. The van der Waals surface area contributed by atoms with Gasteiger partial charge in [0.1, 0.15) is 10.6 Å². The maximum atomic E-state index is 13.1. The first-order valence-electron chi connectivity index (χ1n) is 8.87. The SMILES string of the molecule is Cc1nn(Cc2ccc(F)cc2)c2sc(C(=O)NN3CCCCC3)cc12. The molecule has 3 heterocycles. The second-order valence-corrected chi connectivity index (χ2v) is 7.72. The molecule has 0 bridgehead atoms. The van der Waals surface area contributed by atoms with Crippen molar-refractivity contribution in [1.82, 2.24) is 20.2 Å². The third-order valence-corrected chi connectivity index (χ3v) is 5.84. The number of hydrogen-bond acceptors (Lipinski definition) is 4. The van der Waals surface area contributed by atoms with Gasteiger partial charge in [-0.3, -0.25) is 14.9 Å². The summed E-state index contributed by atoms with van der Waals surface area (Å²) < 4.78 is 15.0. The van der Waals surface area contributed by atoms with Crippen molar-refractivity contribution in [2.24, 2.45) is 0 Å². The van der Waals surface area contributed by atoms with Crippen molar-refractivity contribution in [2.75, 3.05) is 13.1 Å². The molecule has 0 saturated carbocycles. The molecule has 4 rings (SSSR count). The predicted octanol–water partition coefficient (Wildman–Crippen LogP) is 3.72. The normalized spacial score (nSPS) is 15.5. The molecule has 0 atom stereocenters. The van der Waals surface area contributed by atoms with Gasteiger partial charge in [-0.1, -0.05) is 18.6 Å². The second-order valence-electron chi connectivity index (χ2n) is 6.69. The highest BCUT2D eigenvalue weighted by molar-refractivity contribution is 7.20. The van der Waals surface area contributed by atoms with E-state index in [0.29, 0.717) is 11.4 Å². The number of hydrazine groups is 1. The third-order valence-electron chi connectivity index (χ3n) is 4.69. The lowest BCUT2D eigenvalue weighted by atomic mass is 10.2. The number of carbonyl (C=O) groups excluding carboxylic acids is 1. The fourth-order valence-corrected chi connectivity index (χ4v) is 4.35. The van der Waals surface area contributed by atoms with Crippen LogP contribution in [0, 0.1) is 12.7 Å². The molecule has 0 aliphatic carbocycles. The molecule has 0 unspecified atom stereocenters. The van der Waals surface area contributed by atoms with Gasteiger partial charge in [-0.15, -0.1) is 11.3 Å². The van der Waals surface area contributed by atoms with E-state index in [4.69, 9.17) is 0 Å². The molecular formula is C19H21FN4OS. The minimum Gasteiger partial charge on any atom is -0.284 e. The van der Waals surface area contributed by atoms with Gasteiger partial charge in [0.15, 0.2) is 0 Å². The van der Waals surface area contributed by atoms with E-state index < -0.39 is 0 Å². The van der Waals surface area contributed by atoms with Crippen LogP contribution in [0.4, 0.5) is 4.39 Å². The average Bonchev–Trinajstić information content (AvgIpc) is 3.20. The van der Waals surface area contributed by atoms with E-state index >= 15 is 0 Å². The molecule has 1 amide bonds. The summed E-state index contributed by atoms with van der Waals surface area (Å²) in [5, 5.41) is 7.58. The minimum atomic E-state index is -0.247. The number of thiophene rings is 1. The van der Waals surface area contributed by atoms with E-state index in [1.807, 2.05) is 22.7 Å². The van der Waals surface area contributed by atoms with Crippen molar-refractivity contribution >= 4 is 27.5 Å². The Hall–Kier alpha value is -2.25. The number of fused-ring (bicyclic) bond motifs is 1. The molecule has 1 aliphatic rings. The van der Waals surface area contributed by atoms with Gasteiger partial charge in [0, 0.05) is 18.5 Å². The number of piperidine rings is 1. The van der Waals surface area contributed by atoms with Crippen LogP contribution in [0.2, 0.25) is 0 Å². The first kappa shape index (κ1) is 17.2. The number of nitrogens with one attached hydrogen (secondary N) is 1. The van der Waals surface area contributed by atoms with Crippen LogP contribution < -0.4 is 5.43 Å². The summed E-state index contributed by atoms with van der Waals surface area (Å²) in [7, 11) is 0. The molecule has 7 heteroatoms. The quantitative estimate of drug-likeness (QED) is 0.759. The van der Waals surface area contributed by atoms with Gasteiger partial charge in [-0.05, 0) is 43.5 Å². The fourth-order valence-electron chi connectivity index (χ4n) is 3.30. The van der Waals surface area contributed by atoms with Crippen LogP contribution in [-0.4, -0.2) is 33.8 Å². The molecule has 136 valence electrons. The van der Waals surface area contributed by atoms with E-state index in [1.54, 1.807) is 12.1 Å². The van der Waals surface area contributed by atoms with Gasteiger partial charge in [-0.25, -0.2) is 9.40 Å². The van der Waals surface area contributed by atoms with E-state index in [1.165, 1.54) is 29.9 Å². The van der Waals surface area contributed by atoms with Gasteiger partial charge in [-0.2, -0.15) is 5.10 Å². The zero-order chi connectivity index (χ0) is 18.1. The van der Waals surface area contributed by atoms with Crippen LogP contribution >= 0.6 is 11.3 Å². The Balaban J connectivity index is 1.56. The second kappa shape index (κ2) is 7.17. The molecule has 1 saturated heterocycles. The fraction of sp³-hybridized carbons (Fsp3) is 0.368. The number of amides is 1. The highest BCUT2D eigenvalue weighted by atomic mass is 32.1. The summed E-state index contributed by atoms with van der Waals surface area (Å²) in [4.78, 5) is 14.2. The van der Waals surface area contributed by atoms with E-state index in [2.05, 4.69) is 10.5 Å². The van der Waals surface area contributed by atoms with Crippen LogP contribution in [0.15, 0.2) is 30.3 Å². The zero-order valence-electron chi connectivity index (χ0n) is 14.7. The Morgan fingerprint density at radius 1 is 1.23 bits per heavy atom. The molecule has 3 aromatic rings. The van der Waals surface area contributed by atoms with E-state index in [0.717, 1.165) is 47.4 Å². The molecule has 5 nitrogen and oxygen atoms in total. The predicted molar refractivity (Wildman–Crippen MR) is 101 cm³/mol. The number of hydrogen-bond donors (Lipinski definition) is 1. The van der Waals surface area contributed by atoms with E-state index in [-0.39, 0.29) is 11.7 Å². The van der Waals surface area contributed by atoms with Crippen molar-refractivity contribution in [3.63, 3.8) is 0 Å². The largest absolute Gasteiger partial charge is 0.284 e. The van der Waals surface area contributed by atoms with Gasteiger partial charge in [0.05, 0.1) is 17.1 Å². The first-order chi connectivity index (χ1) is 12.6. The number of rotatable bonds is 4. The van der Waals surface area contributed by atoms with Crippen LogP contribution in [0.25, 0.3) is 10.2 Å². The number of carbonyl (C=O) groups is 1. The molecule has 1 aromatic carbocycles. The summed E-state index contributed by atoms with van der Waals surface area (Å²) in [6.07, 6.45) is 3.48. The molecule has 1 aliphatic heterocycles. The number of nitrogens with zero attached hydrogens (tertiary/aromatic N) is 3. The monoisotopic (exact) mass is 372 g/mol. The Kier molecular flexibility index (Phi) is 4.74. The molecule has 1 N–H and O–H groups in total. The Bertz CT molecular complexity index is 925. The van der Waals surface area contributed by atoms with Gasteiger partial charge in [0.25, 0.3) is 5.91 Å². The van der Waals surface area contributed by atoms with Crippen LogP contribution in [0.1, 0.15) is 40.2 Å². The molecule has 1 fully saturated rings. The van der Waals surface area contributed by atoms with Crippen molar-refractivity contribution in [3.8, 4) is 0 Å². The summed E-state index contributed by atoms with van der Waals surface area (Å²) in [5.41, 5.74) is 4.89. The maximum Gasteiger partial charge on any atom is 0.275 e. The van der Waals surface area contributed by atoms with Gasteiger partial charge >= 0.3 is 0 Å². The van der Waals surface area contributed by atoms with Crippen LogP contribution in [0.5, 0.6) is 0 Å². The average molecular weight is 372 g/mol. The Labute approximate surface area is 155 Å². The summed E-state index contributed by atoms with van der Waals surface area (Å²) >= 11 is 1.45. The Morgan fingerprint density at radius 2 is 1.96 bits per heavy atom. The molecule has 0 radical (unpaired) electrons. The van der Waals surface area contributed by atoms with Crippen LogP contribution in [-0.2, 0) is 6.54 Å². The van der Waals surface area contributed by atoms with Crippen LogP contribution in [0.3, 0.4) is 0 Å². The van der Waals surface area contributed by atoms with Gasteiger partial charge in [0.2, 0.25) is 0 Å². The summed E-state index contributed by atoms with van der Waals surface area (Å²) in [6.45, 7) is 4.32. The number of benzene rings is 1. The van der Waals surface area contributed by atoms with E-state index in [9.17, 15) is 9.18 Å². The smallest absolute Gasteiger partial charge is 0.275 e. The van der Waals surface area contributed by atoms with Crippen molar-refractivity contribution in [3.05, 3.63) is 52.3 Å². The number of halogens is 1. The minimum absolute atomic E-state index is 0.0548. The lowest BCUT2D eigenvalue weighted by Gasteiger charge is -2.26. The van der Waals surface area contributed by atoms with Crippen molar-refractivity contribution in [1.29, 1.82) is 0 Å². The highest BCUT2D eigenvalue weighted by Gasteiger charge is 2.19. The third kappa shape index (κ3) is 3.50. The Morgan fingerprint density at radius 3 is 2.69 bits per heavy atom. The van der Waals surface area contributed by atoms with Gasteiger partial charge < -0.3 is 0 Å². The zero-order valence-corrected chi connectivity index (χ0v) is 15.5. The maximum absolute atomic E-state index is 13.1. The van der Waals surface area contributed by atoms with Crippen molar-refractivity contribution < 1.29 is 9.18 Å². The highest BCUT2D eigenvalue weighted by Crippen LogP contribution is 2.29. The standard InChI is InChI=1S/C19H21FN4OS/c1-13-16-11-17(18(25)22-23-9-3-2-4-10-23)26-19(16)24(21-13)12-14-5-7-15(20)8-6-14/h5-8,11H,2-4,9-10,12H2,1H3,(H,22,25). The summed E-state index contributed by atoms with van der Waals surface area (Å²) in [6, 6.07) is 8.35. The topological polar surface area (TPSA) is 50.2 Å². The molecule has 0 spiro atoms. The summed E-state index contributed by atoms with van der Waals surface area (Å²) in [5.74, 6) is -0.302. The molecular weight excluding hydrogens is 351 g/mol. The lowest BCUT2D eigenvalue weighted by molar-refractivity contribution is 0.0754. The molecule has 26 heavy (non-hydrogen) atoms. The molecule has 2 aromatic heterocycles.